The van der Waals surface area contributed by atoms with Gasteiger partial charge in [0.25, 0.3) is 0 Å². The first-order chi connectivity index (χ1) is 7.60. The van der Waals surface area contributed by atoms with E-state index in [4.69, 9.17) is 32.7 Å². The largest absolute Gasteiger partial charge is 0.493 e. The summed E-state index contributed by atoms with van der Waals surface area (Å²) in [7, 11) is 1.53. The lowest BCUT2D eigenvalue weighted by atomic mass is 10.1. The highest BCUT2D eigenvalue weighted by Crippen LogP contribution is 2.32. The highest BCUT2D eigenvalue weighted by molar-refractivity contribution is 6.44. The van der Waals surface area contributed by atoms with Crippen LogP contribution in [-0.2, 0) is 0 Å². The van der Waals surface area contributed by atoms with Gasteiger partial charge in [0, 0.05) is 0 Å². The summed E-state index contributed by atoms with van der Waals surface area (Å²) >= 11 is 11.2. The van der Waals surface area contributed by atoms with Gasteiger partial charge in [0.05, 0.1) is 13.7 Å². The van der Waals surface area contributed by atoms with Crippen LogP contribution >= 0.6 is 23.2 Å². The van der Waals surface area contributed by atoms with Crippen molar-refractivity contribution in [1.29, 1.82) is 0 Å². The Balaban J connectivity index is 2.99. The lowest BCUT2D eigenvalue weighted by Gasteiger charge is -2.15. The van der Waals surface area contributed by atoms with E-state index in [9.17, 15) is 5.11 Å². The highest BCUT2D eigenvalue weighted by Gasteiger charge is 2.17. The maximum absolute atomic E-state index is 9.68. The average Bonchev–Trinajstić information content (AvgIpc) is 2.29. The van der Waals surface area contributed by atoms with Gasteiger partial charge in [-0.05, 0) is 24.6 Å². The van der Waals surface area contributed by atoms with Crippen molar-refractivity contribution in [3.05, 3.63) is 23.8 Å². The normalized spacial score (nSPS) is 12.6. The fourth-order valence-electron chi connectivity index (χ4n) is 1.29. The molecule has 0 heterocycles. The molecule has 0 saturated carbocycles. The molecule has 5 heteroatoms. The molecule has 3 nitrogen and oxygen atoms in total. The Labute approximate surface area is 105 Å². The van der Waals surface area contributed by atoms with Gasteiger partial charge in [-0.1, -0.05) is 6.07 Å². The minimum Gasteiger partial charge on any atom is -0.493 e. The predicted octanol–water partition coefficient (Wildman–Crippen LogP) is 2.93. The Bertz CT molecular complexity index is 342. The van der Waals surface area contributed by atoms with Crippen molar-refractivity contribution < 1.29 is 14.6 Å². The molecule has 0 radical (unpaired) electrons. The van der Waals surface area contributed by atoms with Crippen molar-refractivity contribution in [2.45, 2.75) is 17.9 Å². The molecule has 0 saturated heterocycles. The zero-order valence-electron chi connectivity index (χ0n) is 9.11. The first kappa shape index (κ1) is 13.4. The molecule has 0 spiro atoms. The minimum atomic E-state index is -0.937. The Morgan fingerprint density at radius 2 is 2.00 bits per heavy atom. The Morgan fingerprint density at radius 1 is 1.31 bits per heavy atom. The molecule has 1 aromatic carbocycles. The van der Waals surface area contributed by atoms with Crippen LogP contribution in [0.1, 0.15) is 18.6 Å². The van der Waals surface area contributed by atoms with Crippen molar-refractivity contribution in [3.63, 3.8) is 0 Å². The van der Waals surface area contributed by atoms with Crippen LogP contribution in [-0.4, -0.2) is 23.7 Å². The maximum atomic E-state index is 9.68. The molecule has 0 amide bonds. The Kier molecular flexibility index (Phi) is 5.19. The zero-order chi connectivity index (χ0) is 12.1. The molecule has 1 aromatic rings. The van der Waals surface area contributed by atoms with Gasteiger partial charge in [-0.25, -0.2) is 0 Å². The van der Waals surface area contributed by atoms with Crippen molar-refractivity contribution >= 4 is 23.2 Å². The summed E-state index contributed by atoms with van der Waals surface area (Å²) in [4.78, 5) is -0.873. The summed E-state index contributed by atoms with van der Waals surface area (Å²) in [5.41, 5.74) is 0.593. The molecule has 0 fully saturated rings. The molecule has 16 heavy (non-hydrogen) atoms. The van der Waals surface area contributed by atoms with E-state index in [1.807, 2.05) is 6.92 Å². The molecule has 0 aliphatic rings. The van der Waals surface area contributed by atoms with Crippen LogP contribution in [0.5, 0.6) is 11.5 Å². The van der Waals surface area contributed by atoms with Gasteiger partial charge in [0.15, 0.2) is 11.5 Å². The van der Waals surface area contributed by atoms with Gasteiger partial charge in [0.1, 0.15) is 10.9 Å². The van der Waals surface area contributed by atoms with Gasteiger partial charge in [0.2, 0.25) is 0 Å². The van der Waals surface area contributed by atoms with Gasteiger partial charge in [-0.3, -0.25) is 0 Å². The zero-order valence-corrected chi connectivity index (χ0v) is 10.6. The number of aliphatic hydroxyl groups excluding tert-OH is 1. The molecular weight excluding hydrogens is 251 g/mol. The molecule has 1 unspecified atom stereocenters. The summed E-state index contributed by atoms with van der Waals surface area (Å²) in [5.74, 6) is 1.18. The number of hydrogen-bond acceptors (Lipinski definition) is 3. The van der Waals surface area contributed by atoms with Crippen molar-refractivity contribution in [2.24, 2.45) is 0 Å². The van der Waals surface area contributed by atoms with Crippen LogP contribution in [0.3, 0.4) is 0 Å². The summed E-state index contributed by atoms with van der Waals surface area (Å²) in [6.07, 6.45) is -0.937. The molecule has 90 valence electrons. The van der Waals surface area contributed by atoms with E-state index < -0.39 is 10.9 Å². The van der Waals surface area contributed by atoms with Crippen LogP contribution in [0, 0.1) is 0 Å². The third-order valence-corrected chi connectivity index (χ3v) is 2.55. The molecule has 0 aliphatic heterocycles. The second-order valence-electron chi connectivity index (χ2n) is 3.12. The van der Waals surface area contributed by atoms with E-state index in [0.29, 0.717) is 23.7 Å². The smallest absolute Gasteiger partial charge is 0.161 e. The van der Waals surface area contributed by atoms with E-state index in [1.165, 1.54) is 7.11 Å². The van der Waals surface area contributed by atoms with Crippen molar-refractivity contribution in [1.82, 2.24) is 0 Å². The van der Waals surface area contributed by atoms with E-state index in [0.717, 1.165) is 0 Å². The van der Waals surface area contributed by atoms with Crippen molar-refractivity contribution in [2.75, 3.05) is 13.7 Å². The number of methoxy groups -OCH3 is 1. The molecule has 0 bridgehead atoms. The van der Waals surface area contributed by atoms with Gasteiger partial charge < -0.3 is 14.6 Å². The van der Waals surface area contributed by atoms with E-state index >= 15 is 0 Å². The molecule has 1 atom stereocenters. The number of ether oxygens (including phenoxy) is 2. The van der Waals surface area contributed by atoms with E-state index in [1.54, 1.807) is 18.2 Å². The molecular formula is C11H14Cl2O3. The van der Waals surface area contributed by atoms with E-state index in [-0.39, 0.29) is 0 Å². The predicted molar refractivity (Wildman–Crippen MR) is 64.6 cm³/mol. The number of aliphatic hydroxyl groups is 1. The lowest BCUT2D eigenvalue weighted by Crippen LogP contribution is -2.06. The number of hydrogen-bond donors (Lipinski definition) is 1. The second kappa shape index (κ2) is 6.18. The lowest BCUT2D eigenvalue weighted by molar-refractivity contribution is 0.192. The topological polar surface area (TPSA) is 38.7 Å². The molecule has 0 aromatic heterocycles. The van der Waals surface area contributed by atoms with E-state index in [2.05, 4.69) is 0 Å². The highest BCUT2D eigenvalue weighted by atomic mass is 35.5. The SMILES string of the molecule is CCOc1ccc(C(O)C(Cl)Cl)cc1OC. The maximum Gasteiger partial charge on any atom is 0.161 e. The average molecular weight is 265 g/mol. The fraction of sp³-hybridized carbons (Fsp3) is 0.455. The van der Waals surface area contributed by atoms with Gasteiger partial charge >= 0.3 is 0 Å². The van der Waals surface area contributed by atoms with Gasteiger partial charge in [-0.2, -0.15) is 0 Å². The van der Waals surface area contributed by atoms with Gasteiger partial charge in [-0.15, -0.1) is 23.2 Å². The summed E-state index contributed by atoms with van der Waals surface area (Å²) < 4.78 is 10.5. The molecule has 1 N–H and O–H groups in total. The number of alkyl halides is 2. The molecule has 0 aliphatic carbocycles. The quantitative estimate of drug-likeness (QED) is 0.832. The first-order valence-electron chi connectivity index (χ1n) is 4.87. The van der Waals surface area contributed by atoms with Crippen LogP contribution in [0.4, 0.5) is 0 Å². The summed E-state index contributed by atoms with van der Waals surface area (Å²) in [6, 6.07) is 5.08. The molecule has 1 rings (SSSR count). The first-order valence-corrected chi connectivity index (χ1v) is 5.74. The number of rotatable bonds is 5. The monoisotopic (exact) mass is 264 g/mol. The van der Waals surface area contributed by atoms with Crippen LogP contribution < -0.4 is 9.47 Å². The third kappa shape index (κ3) is 3.17. The summed E-state index contributed by atoms with van der Waals surface area (Å²) in [6.45, 7) is 2.43. The Hall–Kier alpha value is -0.640. The fourth-order valence-corrected chi connectivity index (χ4v) is 1.58. The standard InChI is InChI=1S/C11H14Cl2O3/c1-3-16-8-5-4-7(6-9(8)15-2)10(14)11(12)13/h4-6,10-11,14H,3H2,1-2H3. The number of benzene rings is 1. The second-order valence-corrected chi connectivity index (χ2v) is 4.29. The van der Waals surface area contributed by atoms with Crippen LogP contribution in [0.25, 0.3) is 0 Å². The third-order valence-electron chi connectivity index (χ3n) is 2.07. The number of halogens is 2. The van der Waals surface area contributed by atoms with Crippen LogP contribution in [0.15, 0.2) is 18.2 Å². The van der Waals surface area contributed by atoms with Crippen LogP contribution in [0.2, 0.25) is 0 Å². The minimum absolute atomic E-state index is 0.548. The Morgan fingerprint density at radius 3 is 2.50 bits per heavy atom. The summed E-state index contributed by atoms with van der Waals surface area (Å²) in [5, 5.41) is 9.68. The van der Waals surface area contributed by atoms with Crippen molar-refractivity contribution in [3.8, 4) is 11.5 Å².